The van der Waals surface area contributed by atoms with Crippen LogP contribution in [0.25, 0.3) is 5.65 Å². The molecular weight excluding hydrogens is 278 g/mol. The Bertz CT molecular complexity index is 842. The molecule has 0 spiro atoms. The van der Waals surface area contributed by atoms with E-state index in [4.69, 9.17) is 4.74 Å². The van der Waals surface area contributed by atoms with Crippen LogP contribution in [-0.2, 0) is 0 Å². The van der Waals surface area contributed by atoms with Crippen LogP contribution in [0.3, 0.4) is 0 Å². The summed E-state index contributed by atoms with van der Waals surface area (Å²) in [5.41, 5.74) is 3.15. The van der Waals surface area contributed by atoms with Crippen LogP contribution in [0.5, 0.6) is 5.75 Å². The largest absolute Gasteiger partial charge is 0.493 e. The molecular formula is C16H17N5O. The molecule has 2 aromatic heterocycles. The number of anilines is 1. The molecule has 1 aliphatic rings. The van der Waals surface area contributed by atoms with Gasteiger partial charge in [0.1, 0.15) is 23.7 Å². The lowest BCUT2D eigenvalue weighted by atomic mass is 9.98. The summed E-state index contributed by atoms with van der Waals surface area (Å²) in [6.45, 7) is 4.73. The summed E-state index contributed by atoms with van der Waals surface area (Å²) >= 11 is 0. The van der Waals surface area contributed by atoms with Crippen LogP contribution < -0.4 is 10.1 Å². The molecule has 0 fully saturated rings. The van der Waals surface area contributed by atoms with Crippen molar-refractivity contribution in [1.29, 1.82) is 0 Å². The van der Waals surface area contributed by atoms with Gasteiger partial charge in [0.15, 0.2) is 5.65 Å². The maximum absolute atomic E-state index is 5.82. The first-order valence-corrected chi connectivity index (χ1v) is 7.38. The van der Waals surface area contributed by atoms with E-state index in [9.17, 15) is 0 Å². The summed E-state index contributed by atoms with van der Waals surface area (Å²) in [6, 6.07) is 8.37. The molecule has 4 rings (SSSR count). The summed E-state index contributed by atoms with van der Waals surface area (Å²) in [7, 11) is 0. The molecule has 112 valence electrons. The first-order chi connectivity index (χ1) is 10.7. The lowest BCUT2D eigenvalue weighted by Crippen LogP contribution is -2.21. The van der Waals surface area contributed by atoms with E-state index in [2.05, 4.69) is 45.6 Å². The Labute approximate surface area is 128 Å². The van der Waals surface area contributed by atoms with Crippen LogP contribution in [0.2, 0.25) is 0 Å². The fourth-order valence-corrected chi connectivity index (χ4v) is 2.96. The van der Waals surface area contributed by atoms with E-state index in [1.165, 1.54) is 11.1 Å². The Morgan fingerprint density at radius 3 is 3.14 bits per heavy atom. The fourth-order valence-electron chi connectivity index (χ4n) is 2.96. The van der Waals surface area contributed by atoms with Crippen molar-refractivity contribution in [2.75, 3.05) is 11.9 Å². The van der Waals surface area contributed by atoms with Gasteiger partial charge in [0, 0.05) is 18.1 Å². The highest BCUT2D eigenvalue weighted by atomic mass is 16.5. The molecule has 3 heterocycles. The topological polar surface area (TPSA) is 64.3 Å². The number of ether oxygens (including phenoxy) is 1. The smallest absolute Gasteiger partial charge is 0.165 e. The predicted molar refractivity (Wildman–Crippen MR) is 83.2 cm³/mol. The van der Waals surface area contributed by atoms with Crippen LogP contribution in [-0.4, -0.2) is 26.2 Å². The Balaban J connectivity index is 1.70. The molecule has 0 unspecified atom stereocenters. The zero-order chi connectivity index (χ0) is 15.1. The average molecular weight is 295 g/mol. The monoisotopic (exact) mass is 295 g/mol. The van der Waals surface area contributed by atoms with E-state index < -0.39 is 0 Å². The van der Waals surface area contributed by atoms with Gasteiger partial charge >= 0.3 is 0 Å². The first kappa shape index (κ1) is 13.1. The Morgan fingerprint density at radius 1 is 1.32 bits per heavy atom. The molecule has 0 amide bonds. The van der Waals surface area contributed by atoms with Crippen molar-refractivity contribution in [1.82, 2.24) is 19.6 Å². The minimum absolute atomic E-state index is 0.195. The van der Waals surface area contributed by atoms with E-state index in [1.54, 1.807) is 6.33 Å². The van der Waals surface area contributed by atoms with Gasteiger partial charge in [-0.3, -0.25) is 4.40 Å². The molecule has 22 heavy (non-hydrogen) atoms. The molecule has 0 bridgehead atoms. The third-order valence-electron chi connectivity index (χ3n) is 4.06. The molecule has 6 heteroatoms. The van der Waals surface area contributed by atoms with Crippen molar-refractivity contribution in [2.45, 2.75) is 26.3 Å². The van der Waals surface area contributed by atoms with E-state index in [1.807, 2.05) is 17.4 Å². The minimum Gasteiger partial charge on any atom is -0.493 e. The van der Waals surface area contributed by atoms with Crippen LogP contribution in [0.4, 0.5) is 5.82 Å². The molecule has 0 aliphatic carbocycles. The quantitative estimate of drug-likeness (QED) is 0.787. The lowest BCUT2D eigenvalue weighted by molar-refractivity contribution is 0.272. The van der Waals surface area contributed by atoms with Crippen LogP contribution >= 0.6 is 0 Å². The second-order valence-electron chi connectivity index (χ2n) is 5.58. The van der Waals surface area contributed by atoms with E-state index in [-0.39, 0.29) is 6.04 Å². The summed E-state index contributed by atoms with van der Waals surface area (Å²) < 4.78 is 7.69. The molecule has 1 atom stereocenters. The number of nitrogens with zero attached hydrogens (tertiary/aromatic N) is 4. The molecule has 1 N–H and O–H groups in total. The highest BCUT2D eigenvalue weighted by Crippen LogP contribution is 2.36. The van der Waals surface area contributed by atoms with Gasteiger partial charge in [-0.05, 0) is 19.4 Å². The standard InChI is InChI=1S/C16H17N5O/c1-10-4-3-5-12-13(6-7-22-16(10)12)19-14-8-15-20-17-9-21(15)11(2)18-14/h3-5,8-9,13,19H,6-7H2,1-2H3/t13-/m1/s1. The highest BCUT2D eigenvalue weighted by molar-refractivity contribution is 5.53. The van der Waals surface area contributed by atoms with Gasteiger partial charge in [-0.1, -0.05) is 18.2 Å². The predicted octanol–water partition coefficient (Wildman–Crippen LogP) is 2.68. The number of hydrogen-bond donors (Lipinski definition) is 1. The normalized spacial score (nSPS) is 17.1. The molecule has 0 radical (unpaired) electrons. The summed E-state index contributed by atoms with van der Waals surface area (Å²) in [5.74, 6) is 2.67. The Hall–Kier alpha value is -2.63. The maximum atomic E-state index is 5.82. The number of nitrogens with one attached hydrogen (secondary N) is 1. The molecule has 6 nitrogen and oxygen atoms in total. The van der Waals surface area contributed by atoms with E-state index >= 15 is 0 Å². The molecule has 0 saturated heterocycles. The van der Waals surface area contributed by atoms with E-state index in [0.29, 0.717) is 6.61 Å². The third kappa shape index (κ3) is 2.07. The number of fused-ring (bicyclic) bond motifs is 2. The van der Waals surface area contributed by atoms with Crippen molar-refractivity contribution in [3.63, 3.8) is 0 Å². The summed E-state index contributed by atoms with van der Waals surface area (Å²) in [4.78, 5) is 4.59. The van der Waals surface area contributed by atoms with Gasteiger partial charge in [-0.15, -0.1) is 10.2 Å². The van der Waals surface area contributed by atoms with Gasteiger partial charge in [0.25, 0.3) is 0 Å². The minimum atomic E-state index is 0.195. The van der Waals surface area contributed by atoms with Crippen LogP contribution in [0.15, 0.2) is 30.6 Å². The van der Waals surface area contributed by atoms with Crippen molar-refractivity contribution in [2.24, 2.45) is 0 Å². The van der Waals surface area contributed by atoms with Gasteiger partial charge in [0.05, 0.1) is 12.6 Å². The SMILES string of the molecule is Cc1cccc2c1OCC[C@H]2Nc1cc2nncn2c(C)n1. The average Bonchev–Trinajstić information content (AvgIpc) is 2.97. The summed E-state index contributed by atoms with van der Waals surface area (Å²) in [6.07, 6.45) is 2.59. The van der Waals surface area contributed by atoms with Crippen molar-refractivity contribution in [3.05, 3.63) is 47.5 Å². The second-order valence-corrected chi connectivity index (χ2v) is 5.58. The molecule has 1 aromatic carbocycles. The van der Waals surface area contributed by atoms with E-state index in [0.717, 1.165) is 29.5 Å². The van der Waals surface area contributed by atoms with Crippen LogP contribution in [0.1, 0.15) is 29.4 Å². The lowest BCUT2D eigenvalue weighted by Gasteiger charge is -2.28. The van der Waals surface area contributed by atoms with Crippen molar-refractivity contribution >= 4 is 11.5 Å². The number of aromatic nitrogens is 4. The molecule has 0 saturated carbocycles. The third-order valence-corrected chi connectivity index (χ3v) is 4.06. The number of para-hydroxylation sites is 1. The van der Waals surface area contributed by atoms with Gasteiger partial charge in [0.2, 0.25) is 0 Å². The maximum Gasteiger partial charge on any atom is 0.165 e. The first-order valence-electron chi connectivity index (χ1n) is 7.38. The number of benzene rings is 1. The highest BCUT2D eigenvalue weighted by Gasteiger charge is 2.23. The second kappa shape index (κ2) is 4.98. The van der Waals surface area contributed by atoms with Gasteiger partial charge < -0.3 is 10.1 Å². The van der Waals surface area contributed by atoms with Crippen LogP contribution in [0, 0.1) is 13.8 Å². The molecule has 1 aliphatic heterocycles. The van der Waals surface area contributed by atoms with Gasteiger partial charge in [-0.25, -0.2) is 4.98 Å². The number of aryl methyl sites for hydroxylation is 2. The zero-order valence-electron chi connectivity index (χ0n) is 12.6. The van der Waals surface area contributed by atoms with Crippen molar-refractivity contribution < 1.29 is 4.74 Å². The zero-order valence-corrected chi connectivity index (χ0v) is 12.6. The number of rotatable bonds is 2. The number of hydrogen-bond acceptors (Lipinski definition) is 5. The fraction of sp³-hybridized carbons (Fsp3) is 0.312. The molecule has 3 aromatic rings. The Morgan fingerprint density at radius 2 is 2.23 bits per heavy atom. The summed E-state index contributed by atoms with van der Waals surface area (Å²) in [5, 5.41) is 11.5. The van der Waals surface area contributed by atoms with Crippen molar-refractivity contribution in [3.8, 4) is 5.75 Å². The Kier molecular flexibility index (Phi) is 2.96. The van der Waals surface area contributed by atoms with Gasteiger partial charge in [-0.2, -0.15) is 0 Å².